The van der Waals surface area contributed by atoms with Crippen molar-refractivity contribution >= 4 is 22.4 Å². The van der Waals surface area contributed by atoms with E-state index in [0.717, 1.165) is 23.3 Å². The quantitative estimate of drug-likeness (QED) is 0.732. The number of fused-ring (bicyclic) bond motifs is 1. The smallest absolute Gasteiger partial charge is 0.272 e. The van der Waals surface area contributed by atoms with E-state index in [2.05, 4.69) is 5.32 Å². The van der Waals surface area contributed by atoms with E-state index in [0.29, 0.717) is 18.7 Å². The minimum atomic E-state index is -1.09. The molecule has 1 aromatic heterocycles. The molecule has 0 fully saturated rings. The Hall–Kier alpha value is -3.02. The molecule has 0 bridgehead atoms. The van der Waals surface area contributed by atoms with Gasteiger partial charge in [0, 0.05) is 12.2 Å². The van der Waals surface area contributed by atoms with Crippen LogP contribution in [0.1, 0.15) is 35.0 Å². The summed E-state index contributed by atoms with van der Waals surface area (Å²) < 4.78 is 28.5. The molecule has 0 spiro atoms. The van der Waals surface area contributed by atoms with Crippen LogP contribution in [0.2, 0.25) is 0 Å². The average Bonchev–Trinajstić information content (AvgIpc) is 2.61. The number of aromatic nitrogens is 1. The van der Waals surface area contributed by atoms with Crippen molar-refractivity contribution in [2.24, 2.45) is 0 Å². The van der Waals surface area contributed by atoms with Gasteiger partial charge >= 0.3 is 0 Å². The molecule has 140 valence electrons. The number of hydrogen-bond donors (Lipinski definition) is 1. The zero-order valence-corrected chi connectivity index (χ0v) is 15.4. The lowest BCUT2D eigenvalue weighted by Gasteiger charge is -2.15. The Kier molecular flexibility index (Phi) is 5.08. The summed E-state index contributed by atoms with van der Waals surface area (Å²) in [7, 11) is 0. The summed E-state index contributed by atoms with van der Waals surface area (Å²) in [4.78, 5) is 25.6. The Labute approximate surface area is 155 Å². The molecule has 3 aromatic rings. The average molecular weight is 370 g/mol. The number of rotatable bonds is 4. The lowest BCUT2D eigenvalue weighted by Crippen LogP contribution is -2.29. The van der Waals surface area contributed by atoms with Crippen LogP contribution in [-0.2, 0) is 6.54 Å². The van der Waals surface area contributed by atoms with E-state index in [1.807, 2.05) is 32.9 Å². The second-order valence-electron chi connectivity index (χ2n) is 6.61. The third kappa shape index (κ3) is 3.60. The van der Waals surface area contributed by atoms with Gasteiger partial charge in [-0.3, -0.25) is 9.59 Å². The number of nitrogens with one attached hydrogen (secondary N) is 1. The van der Waals surface area contributed by atoms with Crippen LogP contribution < -0.4 is 10.9 Å². The Morgan fingerprint density at radius 2 is 1.78 bits per heavy atom. The van der Waals surface area contributed by atoms with Gasteiger partial charge < -0.3 is 9.88 Å². The van der Waals surface area contributed by atoms with Crippen LogP contribution in [0.15, 0.2) is 41.2 Å². The molecule has 1 N–H and O–H groups in total. The van der Waals surface area contributed by atoms with Gasteiger partial charge in [0.1, 0.15) is 5.69 Å². The highest BCUT2D eigenvalue weighted by molar-refractivity contribution is 6.05. The van der Waals surface area contributed by atoms with E-state index in [9.17, 15) is 18.4 Å². The van der Waals surface area contributed by atoms with Gasteiger partial charge in [-0.15, -0.1) is 0 Å². The highest BCUT2D eigenvalue weighted by Crippen LogP contribution is 2.20. The molecule has 0 aliphatic rings. The van der Waals surface area contributed by atoms with E-state index >= 15 is 0 Å². The number of pyridine rings is 1. The van der Waals surface area contributed by atoms with E-state index < -0.39 is 23.1 Å². The summed E-state index contributed by atoms with van der Waals surface area (Å²) in [5.41, 5.74) is 2.18. The van der Waals surface area contributed by atoms with Gasteiger partial charge in [0.05, 0.1) is 5.39 Å². The number of carbonyl (C=O) groups is 1. The van der Waals surface area contributed by atoms with Crippen LogP contribution in [0.5, 0.6) is 0 Å². The number of anilines is 1. The van der Waals surface area contributed by atoms with E-state index in [1.54, 1.807) is 6.07 Å². The van der Waals surface area contributed by atoms with Gasteiger partial charge in [-0.25, -0.2) is 8.78 Å². The molecular weight excluding hydrogens is 350 g/mol. The van der Waals surface area contributed by atoms with Crippen LogP contribution in [0.3, 0.4) is 0 Å². The molecule has 0 unspecified atom stereocenters. The van der Waals surface area contributed by atoms with Crippen molar-refractivity contribution in [3.63, 3.8) is 0 Å². The van der Waals surface area contributed by atoms with Crippen LogP contribution >= 0.6 is 0 Å². The summed E-state index contributed by atoms with van der Waals surface area (Å²) in [6, 6.07) is 8.85. The van der Waals surface area contributed by atoms with Gasteiger partial charge in [-0.05, 0) is 55.5 Å². The van der Waals surface area contributed by atoms with Crippen LogP contribution in [-0.4, -0.2) is 10.5 Å². The molecule has 1 amide bonds. The zero-order valence-electron chi connectivity index (χ0n) is 15.4. The molecule has 0 aliphatic carbocycles. The summed E-state index contributed by atoms with van der Waals surface area (Å²) in [5.74, 6) is -2.62. The predicted octanol–water partition coefficient (Wildman–Crippen LogP) is 4.56. The minimum absolute atomic E-state index is 0.0467. The normalized spacial score (nSPS) is 11.0. The lowest BCUT2D eigenvalue weighted by atomic mass is 10.1. The third-order valence-corrected chi connectivity index (χ3v) is 4.46. The molecular formula is C21H20F2N2O2. The second kappa shape index (κ2) is 7.31. The Morgan fingerprint density at radius 3 is 2.44 bits per heavy atom. The molecule has 0 aliphatic heterocycles. The van der Waals surface area contributed by atoms with Crippen molar-refractivity contribution in [1.29, 1.82) is 0 Å². The van der Waals surface area contributed by atoms with Crippen molar-refractivity contribution in [1.82, 2.24) is 4.57 Å². The summed E-state index contributed by atoms with van der Waals surface area (Å²) in [6.07, 6.45) is 0.610. The standard InChI is InChI=1S/C21H20F2N2O2/c1-4-7-25-19(20(26)24-18-6-5-12(2)8-13(18)3)10-14-9-16(22)17(23)11-15(14)21(25)27/h5-6,8-11H,4,7H2,1-3H3,(H,24,26). The maximum Gasteiger partial charge on any atom is 0.272 e. The van der Waals surface area contributed by atoms with Crippen molar-refractivity contribution in [2.45, 2.75) is 33.7 Å². The first kappa shape index (κ1) is 18.8. The molecule has 0 saturated heterocycles. The highest BCUT2D eigenvalue weighted by atomic mass is 19.2. The van der Waals surface area contributed by atoms with E-state index in [1.165, 1.54) is 10.6 Å². The van der Waals surface area contributed by atoms with Gasteiger partial charge in [0.2, 0.25) is 0 Å². The maximum absolute atomic E-state index is 13.6. The first-order valence-corrected chi connectivity index (χ1v) is 8.73. The largest absolute Gasteiger partial charge is 0.320 e. The molecule has 0 atom stereocenters. The Balaban J connectivity index is 2.13. The maximum atomic E-state index is 13.6. The SMILES string of the molecule is CCCn1c(C(=O)Nc2ccc(C)cc2C)cc2cc(F)c(F)cc2c1=O. The molecule has 6 heteroatoms. The number of nitrogens with zero attached hydrogens (tertiary/aromatic N) is 1. The topological polar surface area (TPSA) is 51.1 Å². The van der Waals surface area contributed by atoms with E-state index in [4.69, 9.17) is 0 Å². The fourth-order valence-corrected chi connectivity index (χ4v) is 3.12. The van der Waals surface area contributed by atoms with Crippen molar-refractivity contribution in [3.05, 3.63) is 75.2 Å². The zero-order chi connectivity index (χ0) is 19.7. The first-order valence-electron chi connectivity index (χ1n) is 8.73. The van der Waals surface area contributed by atoms with Gasteiger partial charge in [0.15, 0.2) is 11.6 Å². The minimum Gasteiger partial charge on any atom is -0.320 e. The third-order valence-electron chi connectivity index (χ3n) is 4.46. The van der Waals surface area contributed by atoms with Crippen molar-refractivity contribution in [3.8, 4) is 0 Å². The highest BCUT2D eigenvalue weighted by Gasteiger charge is 2.18. The number of hydrogen-bond acceptors (Lipinski definition) is 2. The van der Waals surface area contributed by atoms with Crippen LogP contribution in [0, 0.1) is 25.5 Å². The van der Waals surface area contributed by atoms with Crippen molar-refractivity contribution < 1.29 is 13.6 Å². The lowest BCUT2D eigenvalue weighted by molar-refractivity contribution is 0.101. The van der Waals surface area contributed by atoms with Crippen LogP contribution in [0.25, 0.3) is 10.8 Å². The molecule has 4 nitrogen and oxygen atoms in total. The second-order valence-corrected chi connectivity index (χ2v) is 6.61. The van der Waals surface area contributed by atoms with Gasteiger partial charge in [0.25, 0.3) is 11.5 Å². The van der Waals surface area contributed by atoms with Crippen LogP contribution in [0.4, 0.5) is 14.5 Å². The summed E-state index contributed by atoms with van der Waals surface area (Å²) in [6.45, 7) is 5.99. The number of halogens is 2. The molecule has 3 rings (SSSR count). The molecule has 2 aromatic carbocycles. The fraction of sp³-hybridized carbons (Fsp3) is 0.238. The summed E-state index contributed by atoms with van der Waals surface area (Å²) in [5, 5.41) is 3.04. The molecule has 1 heterocycles. The Morgan fingerprint density at radius 1 is 1.07 bits per heavy atom. The number of carbonyl (C=O) groups excluding carboxylic acids is 1. The molecule has 0 radical (unpaired) electrons. The van der Waals surface area contributed by atoms with E-state index in [-0.39, 0.29) is 16.5 Å². The molecule has 27 heavy (non-hydrogen) atoms. The fourth-order valence-electron chi connectivity index (χ4n) is 3.12. The number of aryl methyl sites for hydroxylation is 2. The molecule has 0 saturated carbocycles. The monoisotopic (exact) mass is 370 g/mol. The van der Waals surface area contributed by atoms with Gasteiger partial charge in [-0.1, -0.05) is 24.6 Å². The van der Waals surface area contributed by atoms with Gasteiger partial charge in [-0.2, -0.15) is 0 Å². The van der Waals surface area contributed by atoms with Crippen molar-refractivity contribution in [2.75, 3.05) is 5.32 Å². The first-order chi connectivity index (χ1) is 12.8. The number of benzene rings is 2. The predicted molar refractivity (Wildman–Crippen MR) is 102 cm³/mol. The summed E-state index contributed by atoms with van der Waals surface area (Å²) >= 11 is 0. The number of amides is 1. The Bertz CT molecular complexity index is 1100.